The van der Waals surface area contributed by atoms with Crippen LogP contribution in [0, 0.1) is 13.8 Å². The molecule has 2 rings (SSSR count). The summed E-state index contributed by atoms with van der Waals surface area (Å²) in [5.74, 6) is 0.896. The van der Waals surface area contributed by atoms with Crippen molar-refractivity contribution in [2.45, 2.75) is 13.8 Å². The summed E-state index contributed by atoms with van der Waals surface area (Å²) in [7, 11) is 0. The summed E-state index contributed by atoms with van der Waals surface area (Å²) in [6.07, 6.45) is 1.52. The highest BCUT2D eigenvalue weighted by molar-refractivity contribution is 5.85. The topological polar surface area (TPSA) is 42.6 Å². The van der Waals surface area contributed by atoms with Crippen molar-refractivity contribution in [3.63, 3.8) is 0 Å². The van der Waals surface area contributed by atoms with Crippen molar-refractivity contribution in [3.05, 3.63) is 29.5 Å². The lowest BCUT2D eigenvalue weighted by Gasteiger charge is -1.91. The van der Waals surface area contributed by atoms with Gasteiger partial charge in [0.15, 0.2) is 0 Å². The van der Waals surface area contributed by atoms with Crippen LogP contribution in [0.15, 0.2) is 27.6 Å². The molecule has 1 aromatic carbocycles. The molecule has 0 unspecified atom stereocenters. The molecule has 0 aliphatic heterocycles. The normalized spacial score (nSPS) is 10.1. The van der Waals surface area contributed by atoms with E-state index in [0.717, 1.165) is 22.3 Å². The van der Waals surface area contributed by atoms with E-state index in [1.165, 1.54) is 6.08 Å². The smallest absolute Gasteiger partial charge is 0.240 e. The van der Waals surface area contributed by atoms with Gasteiger partial charge in [0.1, 0.15) is 11.3 Å². The third kappa shape index (κ3) is 1.24. The fourth-order valence-corrected chi connectivity index (χ4v) is 1.45. The van der Waals surface area contributed by atoms with E-state index in [9.17, 15) is 4.79 Å². The van der Waals surface area contributed by atoms with Gasteiger partial charge in [-0.1, -0.05) is 0 Å². The van der Waals surface area contributed by atoms with Crippen LogP contribution in [0.1, 0.15) is 11.3 Å². The van der Waals surface area contributed by atoms with Gasteiger partial charge in [0.2, 0.25) is 6.08 Å². The van der Waals surface area contributed by atoms with Gasteiger partial charge in [-0.3, -0.25) is 0 Å². The average molecular weight is 187 g/mol. The number of carbonyl (C=O) groups excluding carboxylic acids is 1. The largest absolute Gasteiger partial charge is 0.461 e. The number of benzene rings is 1. The van der Waals surface area contributed by atoms with E-state index in [-0.39, 0.29) is 0 Å². The molecule has 0 saturated carbocycles. The van der Waals surface area contributed by atoms with Crippen molar-refractivity contribution in [1.29, 1.82) is 0 Å². The highest BCUT2D eigenvalue weighted by Crippen LogP contribution is 2.27. The van der Waals surface area contributed by atoms with Crippen molar-refractivity contribution in [1.82, 2.24) is 0 Å². The zero-order valence-electron chi connectivity index (χ0n) is 8.00. The molecule has 0 N–H and O–H groups in total. The Bertz CT molecular complexity index is 533. The van der Waals surface area contributed by atoms with Gasteiger partial charge >= 0.3 is 0 Å². The summed E-state index contributed by atoms with van der Waals surface area (Å²) in [5.41, 5.74) is 2.52. The number of nitrogens with zero attached hydrogens (tertiary/aromatic N) is 1. The Balaban J connectivity index is 2.75. The van der Waals surface area contributed by atoms with Crippen LogP contribution in [-0.4, -0.2) is 6.08 Å². The Kier molecular flexibility index (Phi) is 1.95. The summed E-state index contributed by atoms with van der Waals surface area (Å²) < 4.78 is 5.49. The van der Waals surface area contributed by atoms with Gasteiger partial charge < -0.3 is 4.42 Å². The standard InChI is InChI=1S/C11H9NO2/c1-7-8(2)14-11-4-3-9(12-6-13)5-10(7)11/h3-5H,1-2H3. The first kappa shape index (κ1) is 8.73. The van der Waals surface area contributed by atoms with Crippen molar-refractivity contribution in [2.75, 3.05) is 0 Å². The van der Waals surface area contributed by atoms with E-state index in [2.05, 4.69) is 4.99 Å². The Morgan fingerprint density at radius 2 is 2.14 bits per heavy atom. The second-order valence-corrected chi connectivity index (χ2v) is 3.17. The van der Waals surface area contributed by atoms with Crippen LogP contribution in [0.5, 0.6) is 0 Å². The molecule has 0 radical (unpaired) electrons. The third-order valence-electron chi connectivity index (χ3n) is 2.33. The predicted molar refractivity (Wildman–Crippen MR) is 53.5 cm³/mol. The van der Waals surface area contributed by atoms with Crippen molar-refractivity contribution >= 4 is 22.7 Å². The first-order valence-electron chi connectivity index (χ1n) is 4.30. The summed E-state index contributed by atoms with van der Waals surface area (Å²) in [6, 6.07) is 5.37. The SMILES string of the molecule is Cc1oc2ccc(N=C=O)cc2c1C. The van der Waals surface area contributed by atoms with Gasteiger partial charge in [-0.25, -0.2) is 4.79 Å². The molecular weight excluding hydrogens is 178 g/mol. The zero-order valence-corrected chi connectivity index (χ0v) is 8.00. The number of fused-ring (bicyclic) bond motifs is 1. The van der Waals surface area contributed by atoms with Crippen LogP contribution in [0.4, 0.5) is 5.69 Å². The highest BCUT2D eigenvalue weighted by Gasteiger charge is 2.06. The van der Waals surface area contributed by atoms with Crippen LogP contribution in [0.2, 0.25) is 0 Å². The minimum atomic E-state index is 0.608. The van der Waals surface area contributed by atoms with Crippen LogP contribution >= 0.6 is 0 Å². The van der Waals surface area contributed by atoms with E-state index in [1.54, 1.807) is 6.07 Å². The van der Waals surface area contributed by atoms with Crippen molar-refractivity contribution in [2.24, 2.45) is 4.99 Å². The summed E-state index contributed by atoms with van der Waals surface area (Å²) in [4.78, 5) is 13.6. The average Bonchev–Trinajstić information content (AvgIpc) is 2.45. The van der Waals surface area contributed by atoms with Gasteiger partial charge in [0.25, 0.3) is 0 Å². The fraction of sp³-hybridized carbons (Fsp3) is 0.182. The molecule has 0 aliphatic rings. The number of isocyanates is 1. The van der Waals surface area contributed by atoms with E-state index in [4.69, 9.17) is 4.42 Å². The zero-order chi connectivity index (χ0) is 10.1. The molecule has 0 bridgehead atoms. The van der Waals surface area contributed by atoms with Gasteiger partial charge in [0.05, 0.1) is 5.69 Å². The minimum absolute atomic E-state index is 0.608. The molecule has 3 nitrogen and oxygen atoms in total. The molecule has 70 valence electrons. The summed E-state index contributed by atoms with van der Waals surface area (Å²) in [6.45, 7) is 3.90. The van der Waals surface area contributed by atoms with Crippen LogP contribution in [0.3, 0.4) is 0 Å². The second-order valence-electron chi connectivity index (χ2n) is 3.17. The number of hydrogen-bond donors (Lipinski definition) is 0. The Hall–Kier alpha value is -1.86. The Morgan fingerprint density at radius 3 is 2.86 bits per heavy atom. The first-order valence-corrected chi connectivity index (χ1v) is 4.30. The molecular formula is C11H9NO2. The minimum Gasteiger partial charge on any atom is -0.461 e. The van der Waals surface area contributed by atoms with Crippen molar-refractivity contribution in [3.8, 4) is 0 Å². The molecule has 3 heteroatoms. The maximum atomic E-state index is 10.1. The maximum absolute atomic E-state index is 10.1. The van der Waals surface area contributed by atoms with Crippen LogP contribution < -0.4 is 0 Å². The quantitative estimate of drug-likeness (QED) is 0.508. The van der Waals surface area contributed by atoms with Gasteiger partial charge in [-0.2, -0.15) is 4.99 Å². The lowest BCUT2D eigenvalue weighted by Crippen LogP contribution is -1.70. The molecule has 0 aliphatic carbocycles. The van der Waals surface area contributed by atoms with Crippen LogP contribution in [0.25, 0.3) is 11.0 Å². The molecule has 0 atom stereocenters. The monoisotopic (exact) mass is 187 g/mol. The second kappa shape index (κ2) is 3.13. The van der Waals surface area contributed by atoms with Crippen molar-refractivity contribution < 1.29 is 9.21 Å². The lowest BCUT2D eigenvalue weighted by atomic mass is 10.1. The number of aliphatic imine (C=N–C) groups is 1. The molecule has 14 heavy (non-hydrogen) atoms. The fourth-order valence-electron chi connectivity index (χ4n) is 1.45. The maximum Gasteiger partial charge on any atom is 0.240 e. The van der Waals surface area contributed by atoms with Gasteiger partial charge in [-0.05, 0) is 37.6 Å². The number of furan rings is 1. The molecule has 2 aromatic rings. The Labute approximate surface area is 81.1 Å². The summed E-state index contributed by atoms with van der Waals surface area (Å²) >= 11 is 0. The molecule has 1 heterocycles. The summed E-state index contributed by atoms with van der Waals surface area (Å²) in [5, 5.41) is 0.999. The Morgan fingerprint density at radius 1 is 1.36 bits per heavy atom. The number of aryl methyl sites for hydroxylation is 2. The lowest BCUT2D eigenvalue weighted by molar-refractivity contribution is 0.565. The number of rotatable bonds is 1. The van der Waals surface area contributed by atoms with E-state index < -0.39 is 0 Å². The third-order valence-corrected chi connectivity index (χ3v) is 2.33. The molecule has 0 amide bonds. The first-order chi connectivity index (χ1) is 6.72. The number of hydrogen-bond acceptors (Lipinski definition) is 3. The molecule has 0 saturated heterocycles. The molecule has 0 spiro atoms. The molecule has 1 aromatic heterocycles. The predicted octanol–water partition coefficient (Wildman–Crippen LogP) is 3.02. The van der Waals surface area contributed by atoms with Gasteiger partial charge in [-0.15, -0.1) is 0 Å². The molecule has 0 fully saturated rings. The van der Waals surface area contributed by atoms with Crippen LogP contribution in [-0.2, 0) is 4.79 Å². The van der Waals surface area contributed by atoms with E-state index in [1.807, 2.05) is 26.0 Å². The van der Waals surface area contributed by atoms with Gasteiger partial charge in [0, 0.05) is 5.39 Å². The van der Waals surface area contributed by atoms with E-state index in [0.29, 0.717) is 5.69 Å². The highest BCUT2D eigenvalue weighted by atomic mass is 16.3. The van der Waals surface area contributed by atoms with E-state index >= 15 is 0 Å².